The van der Waals surface area contributed by atoms with E-state index in [4.69, 9.17) is 0 Å². The number of aromatic amines is 1. The van der Waals surface area contributed by atoms with Gasteiger partial charge in [-0.1, -0.05) is 36.8 Å². The summed E-state index contributed by atoms with van der Waals surface area (Å²) in [5, 5.41) is 0. The molecule has 4 atom stereocenters. The number of hydrogen-bond donors (Lipinski definition) is 1. The van der Waals surface area contributed by atoms with Crippen molar-refractivity contribution in [3.8, 4) is 0 Å². The average molecular weight is 351 g/mol. The third-order valence-corrected chi connectivity index (χ3v) is 6.85. The number of piperidine rings is 3. The molecular formula is C22H30N4. The lowest BCUT2D eigenvalue weighted by molar-refractivity contribution is -0.0580. The molecule has 2 aromatic rings. The van der Waals surface area contributed by atoms with Gasteiger partial charge in [0.2, 0.25) is 0 Å². The second-order valence-electron chi connectivity index (χ2n) is 8.67. The standard InChI is InChI=1S/C22H30N4/c1-2-5-17(6-3-1)10-21-7-4-8-22-19-9-18(13-26(21)22)12-25(14-19)15-20-11-23-16-24-20/h1-3,5-6,11,16,18-19,21-22H,4,7-10,12-15H2,(H,23,24)/t18-,19+,21+,22-/m0/s1. The molecule has 2 bridgehead atoms. The maximum atomic E-state index is 4.18. The summed E-state index contributed by atoms with van der Waals surface area (Å²) in [5.74, 6) is 1.69. The van der Waals surface area contributed by atoms with Crippen molar-refractivity contribution in [2.45, 2.75) is 50.7 Å². The van der Waals surface area contributed by atoms with Crippen molar-refractivity contribution < 1.29 is 0 Å². The smallest absolute Gasteiger partial charge is 0.0922 e. The number of fused-ring (bicyclic) bond motifs is 4. The first kappa shape index (κ1) is 16.5. The number of nitrogens with zero attached hydrogens (tertiary/aromatic N) is 3. The molecule has 1 aromatic carbocycles. The summed E-state index contributed by atoms with van der Waals surface area (Å²) in [6.07, 6.45) is 10.6. The third kappa shape index (κ3) is 3.33. The molecule has 3 aliphatic rings. The molecule has 3 fully saturated rings. The Kier molecular flexibility index (Phi) is 4.55. The van der Waals surface area contributed by atoms with Gasteiger partial charge in [-0.15, -0.1) is 0 Å². The fraction of sp³-hybridized carbons (Fsp3) is 0.591. The minimum atomic E-state index is 0.751. The van der Waals surface area contributed by atoms with Gasteiger partial charge >= 0.3 is 0 Å². The summed E-state index contributed by atoms with van der Waals surface area (Å²) >= 11 is 0. The molecule has 0 aliphatic carbocycles. The van der Waals surface area contributed by atoms with Crippen LogP contribution in [-0.2, 0) is 13.0 Å². The summed E-state index contributed by atoms with van der Waals surface area (Å²) in [6.45, 7) is 4.84. The summed E-state index contributed by atoms with van der Waals surface area (Å²) in [4.78, 5) is 13.1. The second-order valence-corrected chi connectivity index (χ2v) is 8.67. The molecule has 3 aliphatic heterocycles. The van der Waals surface area contributed by atoms with Crippen LogP contribution in [0, 0.1) is 11.8 Å². The van der Waals surface area contributed by atoms with Crippen molar-refractivity contribution in [3.63, 3.8) is 0 Å². The van der Waals surface area contributed by atoms with Crippen LogP contribution >= 0.6 is 0 Å². The number of nitrogens with one attached hydrogen (secondary N) is 1. The fourth-order valence-corrected chi connectivity index (χ4v) is 5.86. The Morgan fingerprint density at radius 3 is 2.85 bits per heavy atom. The van der Waals surface area contributed by atoms with E-state index in [2.05, 4.69) is 50.1 Å². The average Bonchev–Trinajstić information content (AvgIpc) is 3.16. The highest BCUT2D eigenvalue weighted by Crippen LogP contribution is 2.40. The van der Waals surface area contributed by atoms with Gasteiger partial charge in [-0.25, -0.2) is 4.98 Å². The monoisotopic (exact) mass is 350 g/mol. The molecule has 4 heterocycles. The van der Waals surface area contributed by atoms with Crippen LogP contribution in [-0.4, -0.2) is 51.5 Å². The Labute approximate surface area is 156 Å². The van der Waals surface area contributed by atoms with Crippen molar-refractivity contribution >= 4 is 0 Å². The highest BCUT2D eigenvalue weighted by Gasteiger charge is 2.44. The first-order valence-corrected chi connectivity index (χ1v) is 10.3. The number of rotatable bonds is 4. The Morgan fingerprint density at radius 2 is 2.00 bits per heavy atom. The Balaban J connectivity index is 1.28. The maximum absolute atomic E-state index is 4.18. The minimum absolute atomic E-state index is 0.751. The normalized spacial score (nSPS) is 32.3. The van der Waals surface area contributed by atoms with Gasteiger partial charge in [-0.2, -0.15) is 0 Å². The van der Waals surface area contributed by atoms with E-state index in [-0.39, 0.29) is 0 Å². The van der Waals surface area contributed by atoms with E-state index in [1.165, 1.54) is 63.0 Å². The zero-order valence-electron chi connectivity index (χ0n) is 15.6. The first-order chi connectivity index (χ1) is 12.8. The van der Waals surface area contributed by atoms with Crippen molar-refractivity contribution in [2.75, 3.05) is 19.6 Å². The van der Waals surface area contributed by atoms with E-state index >= 15 is 0 Å². The van der Waals surface area contributed by atoms with Crippen LogP contribution in [0.2, 0.25) is 0 Å². The van der Waals surface area contributed by atoms with Gasteiger partial charge in [0.15, 0.2) is 0 Å². The summed E-state index contributed by atoms with van der Waals surface area (Å²) in [5.41, 5.74) is 2.77. The van der Waals surface area contributed by atoms with Gasteiger partial charge in [0.25, 0.3) is 0 Å². The number of benzene rings is 1. The molecule has 0 unspecified atom stereocenters. The molecule has 0 spiro atoms. The van der Waals surface area contributed by atoms with Crippen LogP contribution in [0.1, 0.15) is 36.9 Å². The SMILES string of the molecule is c1ccc(C[C@H]2CCC[C@H]3[C@@H]4C[C@@H](CN(Cc5cnc[nH]5)C4)CN23)cc1. The van der Waals surface area contributed by atoms with Crippen LogP contribution in [0.25, 0.3) is 0 Å². The lowest BCUT2D eigenvalue weighted by Gasteiger charge is -2.55. The fourth-order valence-electron chi connectivity index (χ4n) is 5.86. The third-order valence-electron chi connectivity index (χ3n) is 6.85. The highest BCUT2D eigenvalue weighted by molar-refractivity contribution is 5.16. The molecular weight excluding hydrogens is 320 g/mol. The van der Waals surface area contributed by atoms with Crippen molar-refractivity contribution in [3.05, 3.63) is 54.1 Å². The lowest BCUT2D eigenvalue weighted by atomic mass is 9.74. The van der Waals surface area contributed by atoms with Crippen LogP contribution in [0.5, 0.6) is 0 Å². The van der Waals surface area contributed by atoms with E-state index in [0.29, 0.717) is 0 Å². The second kappa shape index (κ2) is 7.16. The molecule has 0 saturated carbocycles. The molecule has 0 amide bonds. The molecule has 138 valence electrons. The predicted octanol–water partition coefficient (Wildman–Crippen LogP) is 3.33. The van der Waals surface area contributed by atoms with Crippen LogP contribution in [0.4, 0.5) is 0 Å². The summed E-state index contributed by atoms with van der Waals surface area (Å²) < 4.78 is 0. The Hall–Kier alpha value is -1.65. The van der Waals surface area contributed by atoms with E-state index in [1.54, 1.807) is 6.33 Å². The lowest BCUT2D eigenvalue weighted by Crippen LogP contribution is -2.61. The molecule has 4 nitrogen and oxygen atoms in total. The van der Waals surface area contributed by atoms with E-state index < -0.39 is 0 Å². The van der Waals surface area contributed by atoms with Gasteiger partial charge in [-0.3, -0.25) is 9.80 Å². The quantitative estimate of drug-likeness (QED) is 0.919. The van der Waals surface area contributed by atoms with Gasteiger partial charge in [0.05, 0.1) is 6.33 Å². The van der Waals surface area contributed by atoms with Gasteiger partial charge in [0, 0.05) is 50.2 Å². The van der Waals surface area contributed by atoms with Gasteiger partial charge in [0.1, 0.15) is 0 Å². The zero-order valence-corrected chi connectivity index (χ0v) is 15.6. The van der Waals surface area contributed by atoms with Gasteiger partial charge in [-0.05, 0) is 43.1 Å². The van der Waals surface area contributed by atoms with E-state index in [1.807, 2.05) is 6.20 Å². The number of aromatic nitrogens is 2. The largest absolute Gasteiger partial charge is 0.347 e. The highest BCUT2D eigenvalue weighted by atomic mass is 15.3. The maximum Gasteiger partial charge on any atom is 0.0922 e. The Bertz CT molecular complexity index is 698. The van der Waals surface area contributed by atoms with Crippen LogP contribution < -0.4 is 0 Å². The van der Waals surface area contributed by atoms with Crippen molar-refractivity contribution in [2.24, 2.45) is 11.8 Å². The molecule has 3 saturated heterocycles. The molecule has 0 radical (unpaired) electrons. The number of hydrogen-bond acceptors (Lipinski definition) is 3. The first-order valence-electron chi connectivity index (χ1n) is 10.3. The van der Waals surface area contributed by atoms with Crippen LogP contribution in [0.15, 0.2) is 42.9 Å². The van der Waals surface area contributed by atoms with E-state index in [0.717, 1.165) is 30.5 Å². The summed E-state index contributed by atoms with van der Waals surface area (Å²) in [6, 6.07) is 12.7. The number of likely N-dealkylation sites (tertiary alicyclic amines) is 1. The molecule has 26 heavy (non-hydrogen) atoms. The minimum Gasteiger partial charge on any atom is -0.347 e. The topological polar surface area (TPSA) is 35.2 Å². The van der Waals surface area contributed by atoms with Crippen molar-refractivity contribution in [1.29, 1.82) is 0 Å². The zero-order chi connectivity index (χ0) is 17.3. The summed E-state index contributed by atoms with van der Waals surface area (Å²) in [7, 11) is 0. The molecule has 1 N–H and O–H groups in total. The van der Waals surface area contributed by atoms with Crippen molar-refractivity contribution in [1.82, 2.24) is 19.8 Å². The van der Waals surface area contributed by atoms with Crippen LogP contribution in [0.3, 0.4) is 0 Å². The predicted molar refractivity (Wildman–Crippen MR) is 104 cm³/mol. The molecule has 4 heteroatoms. The number of H-pyrrole nitrogens is 1. The van der Waals surface area contributed by atoms with Gasteiger partial charge < -0.3 is 4.98 Å². The number of imidazole rings is 1. The Morgan fingerprint density at radius 1 is 1.08 bits per heavy atom. The molecule has 1 aromatic heterocycles. The molecule has 5 rings (SSSR count). The van der Waals surface area contributed by atoms with E-state index in [9.17, 15) is 0 Å².